The van der Waals surface area contributed by atoms with Gasteiger partial charge in [-0.1, -0.05) is 11.8 Å². The van der Waals surface area contributed by atoms with Crippen LogP contribution in [0.3, 0.4) is 0 Å². The van der Waals surface area contributed by atoms with Crippen molar-refractivity contribution in [1.82, 2.24) is 10.2 Å². The van der Waals surface area contributed by atoms with Crippen LogP contribution in [-0.2, 0) is 4.79 Å². The Hall–Kier alpha value is -1.04. The molecule has 3 amide bonds. The van der Waals surface area contributed by atoms with Crippen molar-refractivity contribution in [3.63, 3.8) is 0 Å². The van der Waals surface area contributed by atoms with E-state index >= 15 is 0 Å². The van der Waals surface area contributed by atoms with Gasteiger partial charge in [0, 0.05) is 19.3 Å². The monoisotopic (exact) mass is 187 g/mol. The standard InChI is InChI=1S/C6H9N3O2S/c1-7-5(11)9-2-3-12-6(9)8-4-10/h4H,2-3H2,1H3,(H,7,11)/b8-6+. The predicted octanol–water partition coefficient (Wildman–Crippen LogP) is -0.113. The first-order valence-electron chi connectivity index (χ1n) is 3.43. The van der Waals surface area contributed by atoms with Crippen LogP contribution in [0, 0.1) is 0 Å². The maximum atomic E-state index is 11.1. The Morgan fingerprint density at radius 1 is 1.83 bits per heavy atom. The molecule has 12 heavy (non-hydrogen) atoms. The van der Waals surface area contributed by atoms with Gasteiger partial charge in [0.2, 0.25) is 6.41 Å². The van der Waals surface area contributed by atoms with Crippen molar-refractivity contribution >= 4 is 29.4 Å². The van der Waals surface area contributed by atoms with E-state index < -0.39 is 0 Å². The lowest BCUT2D eigenvalue weighted by atomic mass is 10.6. The number of carbonyl (C=O) groups excluding carboxylic acids is 2. The van der Waals surface area contributed by atoms with Gasteiger partial charge in [-0.15, -0.1) is 0 Å². The van der Waals surface area contributed by atoms with Gasteiger partial charge in [0.15, 0.2) is 5.17 Å². The van der Waals surface area contributed by atoms with E-state index in [0.29, 0.717) is 18.1 Å². The van der Waals surface area contributed by atoms with Crippen molar-refractivity contribution in [3.8, 4) is 0 Å². The number of hydrogen-bond acceptors (Lipinski definition) is 3. The molecule has 66 valence electrons. The maximum Gasteiger partial charge on any atom is 0.323 e. The first-order valence-corrected chi connectivity index (χ1v) is 4.41. The number of amidine groups is 1. The molecule has 0 radical (unpaired) electrons. The number of amides is 3. The molecule has 6 heteroatoms. The first-order chi connectivity index (χ1) is 5.79. The molecule has 5 nitrogen and oxygen atoms in total. The van der Waals surface area contributed by atoms with E-state index in [1.54, 1.807) is 7.05 Å². The van der Waals surface area contributed by atoms with Crippen molar-refractivity contribution in [2.45, 2.75) is 0 Å². The lowest BCUT2D eigenvalue weighted by Gasteiger charge is -2.13. The lowest BCUT2D eigenvalue weighted by molar-refractivity contribution is -0.106. The molecular weight excluding hydrogens is 178 g/mol. The fraction of sp³-hybridized carbons (Fsp3) is 0.500. The summed E-state index contributed by atoms with van der Waals surface area (Å²) in [5.41, 5.74) is 0. The minimum Gasteiger partial charge on any atom is -0.341 e. The molecule has 0 saturated carbocycles. The van der Waals surface area contributed by atoms with Gasteiger partial charge in [-0.25, -0.2) is 4.79 Å². The Morgan fingerprint density at radius 2 is 2.58 bits per heavy atom. The summed E-state index contributed by atoms with van der Waals surface area (Å²) < 4.78 is 0. The van der Waals surface area contributed by atoms with Crippen molar-refractivity contribution in [2.24, 2.45) is 4.99 Å². The van der Waals surface area contributed by atoms with Crippen LogP contribution >= 0.6 is 11.8 Å². The minimum atomic E-state index is -0.222. The Bertz CT molecular complexity index is 229. The number of nitrogens with one attached hydrogen (secondary N) is 1. The molecule has 0 aromatic rings. The molecule has 0 unspecified atom stereocenters. The van der Waals surface area contributed by atoms with Crippen molar-refractivity contribution in [1.29, 1.82) is 0 Å². The highest BCUT2D eigenvalue weighted by atomic mass is 32.2. The van der Waals surface area contributed by atoms with Crippen molar-refractivity contribution in [2.75, 3.05) is 19.3 Å². The molecule has 0 bridgehead atoms. The SMILES string of the molecule is CNC(=O)N1CCS/C1=N/C=O. The lowest BCUT2D eigenvalue weighted by Crippen LogP contribution is -2.38. The molecule has 1 rings (SSSR count). The molecular formula is C6H9N3O2S. The van der Waals surface area contributed by atoms with Gasteiger partial charge in [0.1, 0.15) is 0 Å². The second kappa shape index (κ2) is 4.10. The van der Waals surface area contributed by atoms with Crippen LogP contribution in [-0.4, -0.2) is 41.9 Å². The molecule has 1 aliphatic heterocycles. The van der Waals surface area contributed by atoms with Gasteiger partial charge in [-0.3, -0.25) is 9.69 Å². The Morgan fingerprint density at radius 3 is 3.17 bits per heavy atom. The number of thioether (sulfide) groups is 1. The number of aliphatic imine (C=N–C) groups is 1. The summed E-state index contributed by atoms with van der Waals surface area (Å²) in [5, 5.41) is 2.95. The Labute approximate surface area is 74.2 Å². The summed E-state index contributed by atoms with van der Waals surface area (Å²) in [6.45, 7) is 0.608. The topological polar surface area (TPSA) is 61.8 Å². The average Bonchev–Trinajstić information content (AvgIpc) is 2.52. The molecule has 0 aliphatic carbocycles. The van der Waals surface area contributed by atoms with Gasteiger partial charge in [-0.2, -0.15) is 4.99 Å². The molecule has 0 aromatic heterocycles. The largest absolute Gasteiger partial charge is 0.341 e. The highest BCUT2D eigenvalue weighted by Gasteiger charge is 2.24. The second-order valence-electron chi connectivity index (χ2n) is 2.07. The van der Waals surface area contributed by atoms with Gasteiger partial charge < -0.3 is 5.32 Å². The van der Waals surface area contributed by atoms with Crippen LogP contribution in [0.2, 0.25) is 0 Å². The smallest absolute Gasteiger partial charge is 0.323 e. The highest BCUT2D eigenvalue weighted by molar-refractivity contribution is 8.14. The second-order valence-corrected chi connectivity index (χ2v) is 3.13. The number of carbonyl (C=O) groups is 2. The van der Waals surface area contributed by atoms with Crippen molar-refractivity contribution in [3.05, 3.63) is 0 Å². The number of hydrogen-bond donors (Lipinski definition) is 1. The van der Waals surface area contributed by atoms with E-state index in [4.69, 9.17) is 0 Å². The van der Waals surface area contributed by atoms with E-state index in [9.17, 15) is 9.59 Å². The third kappa shape index (κ3) is 1.76. The maximum absolute atomic E-state index is 11.1. The van der Waals surface area contributed by atoms with Gasteiger partial charge in [0.05, 0.1) is 0 Å². The van der Waals surface area contributed by atoms with E-state index in [-0.39, 0.29) is 6.03 Å². The molecule has 1 aliphatic rings. The van der Waals surface area contributed by atoms with E-state index in [2.05, 4.69) is 10.3 Å². The number of rotatable bonds is 1. The van der Waals surface area contributed by atoms with Gasteiger partial charge >= 0.3 is 6.03 Å². The zero-order valence-corrected chi connectivity index (χ0v) is 7.43. The van der Waals surface area contributed by atoms with E-state index in [1.165, 1.54) is 16.7 Å². The van der Waals surface area contributed by atoms with Crippen LogP contribution in [0.5, 0.6) is 0 Å². The molecule has 0 spiro atoms. The van der Waals surface area contributed by atoms with E-state index in [1.807, 2.05) is 0 Å². The number of urea groups is 1. The Kier molecular flexibility index (Phi) is 3.09. The van der Waals surface area contributed by atoms with Gasteiger partial charge in [0.25, 0.3) is 0 Å². The normalized spacial score (nSPS) is 19.8. The predicted molar refractivity (Wildman–Crippen MR) is 47.1 cm³/mol. The summed E-state index contributed by atoms with van der Waals surface area (Å²) in [7, 11) is 1.55. The molecule has 0 aromatic carbocycles. The molecule has 1 saturated heterocycles. The van der Waals surface area contributed by atoms with Crippen LogP contribution in [0.1, 0.15) is 0 Å². The molecule has 1 fully saturated rings. The summed E-state index contributed by atoms with van der Waals surface area (Å²) in [6, 6.07) is -0.222. The van der Waals surface area contributed by atoms with Crippen LogP contribution in [0.4, 0.5) is 4.79 Å². The average molecular weight is 187 g/mol. The summed E-state index contributed by atoms with van der Waals surface area (Å²) in [6.07, 6.45) is 0.448. The number of nitrogens with zero attached hydrogens (tertiary/aromatic N) is 2. The Balaban J connectivity index is 2.70. The molecule has 1 N–H and O–H groups in total. The molecule has 1 heterocycles. The molecule has 0 atom stereocenters. The van der Waals surface area contributed by atoms with Crippen molar-refractivity contribution < 1.29 is 9.59 Å². The first kappa shape index (κ1) is 9.05. The quantitative estimate of drug-likeness (QED) is 0.582. The van der Waals surface area contributed by atoms with Crippen LogP contribution in [0.15, 0.2) is 4.99 Å². The van der Waals surface area contributed by atoms with Gasteiger partial charge in [-0.05, 0) is 0 Å². The fourth-order valence-corrected chi connectivity index (χ4v) is 1.78. The zero-order valence-electron chi connectivity index (χ0n) is 6.61. The summed E-state index contributed by atoms with van der Waals surface area (Å²) in [5.74, 6) is 0.792. The van der Waals surface area contributed by atoms with Crippen LogP contribution < -0.4 is 5.32 Å². The van der Waals surface area contributed by atoms with E-state index in [0.717, 1.165) is 5.75 Å². The summed E-state index contributed by atoms with van der Waals surface area (Å²) in [4.78, 5) is 26.1. The third-order valence-electron chi connectivity index (χ3n) is 1.40. The minimum absolute atomic E-state index is 0.222. The third-order valence-corrected chi connectivity index (χ3v) is 2.37. The summed E-state index contributed by atoms with van der Waals surface area (Å²) >= 11 is 1.40. The zero-order chi connectivity index (χ0) is 8.97. The highest BCUT2D eigenvalue weighted by Crippen LogP contribution is 2.17. The fourth-order valence-electron chi connectivity index (χ4n) is 0.877. The van der Waals surface area contributed by atoms with Crippen LogP contribution in [0.25, 0.3) is 0 Å².